The Kier molecular flexibility index (Phi) is 4.17. The van der Waals surface area contributed by atoms with Gasteiger partial charge in [-0.1, -0.05) is 67.4 Å². The van der Waals surface area contributed by atoms with Crippen LogP contribution in [0.15, 0.2) is 42.5 Å². The molecule has 2 bridgehead atoms. The molecular formula is C23H21Cl2N3O. The summed E-state index contributed by atoms with van der Waals surface area (Å²) in [6, 6.07) is 13.5. The molecule has 1 N–H and O–H groups in total. The Morgan fingerprint density at radius 2 is 1.76 bits per heavy atom. The maximum absolute atomic E-state index is 13.6. The maximum atomic E-state index is 13.6. The highest BCUT2D eigenvalue weighted by molar-refractivity contribution is 6.42. The van der Waals surface area contributed by atoms with Gasteiger partial charge in [0.15, 0.2) is 0 Å². The Balaban J connectivity index is 1.60. The molecule has 0 saturated heterocycles. The van der Waals surface area contributed by atoms with E-state index in [2.05, 4.69) is 19.2 Å². The van der Waals surface area contributed by atoms with E-state index in [0.717, 1.165) is 35.3 Å². The Morgan fingerprint density at radius 1 is 1.10 bits per heavy atom. The van der Waals surface area contributed by atoms with Gasteiger partial charge in [-0.25, -0.2) is 9.97 Å². The number of benzene rings is 2. The van der Waals surface area contributed by atoms with E-state index in [-0.39, 0.29) is 17.2 Å². The fourth-order valence-electron chi connectivity index (χ4n) is 5.31. The molecule has 6 heteroatoms. The number of halogens is 2. The van der Waals surface area contributed by atoms with Crippen molar-refractivity contribution < 1.29 is 4.79 Å². The summed E-state index contributed by atoms with van der Waals surface area (Å²) in [7, 11) is 0. The molecule has 1 heterocycles. The van der Waals surface area contributed by atoms with Crippen molar-refractivity contribution in [1.29, 1.82) is 0 Å². The van der Waals surface area contributed by atoms with Crippen LogP contribution in [0, 0.1) is 5.41 Å². The largest absolute Gasteiger partial charge is 0.351 e. The van der Waals surface area contributed by atoms with Crippen LogP contribution >= 0.6 is 23.2 Å². The van der Waals surface area contributed by atoms with Crippen molar-refractivity contribution in [3.8, 4) is 0 Å². The Bertz CT molecular complexity index is 1150. The quantitative estimate of drug-likeness (QED) is 0.610. The molecular weight excluding hydrogens is 405 g/mol. The Labute approximate surface area is 179 Å². The number of amides is 1. The van der Waals surface area contributed by atoms with Gasteiger partial charge in [-0.05, 0) is 36.0 Å². The standard InChI is InChI=1S/C23H21Cl2N3O/c1-22(2)14-8-9-23(22,21(29)26-12-13-6-4-3-5-7-13)20-19(14)27-17-10-15(24)16(25)11-18(17)28-20/h3-7,10-11,14H,8-9,12H2,1-2H3,(H,26,29). The van der Waals surface area contributed by atoms with Gasteiger partial charge in [0.25, 0.3) is 0 Å². The van der Waals surface area contributed by atoms with E-state index < -0.39 is 5.41 Å². The van der Waals surface area contributed by atoms with Crippen LogP contribution in [0.25, 0.3) is 11.0 Å². The van der Waals surface area contributed by atoms with Crippen LogP contribution in [0.5, 0.6) is 0 Å². The number of hydrogen-bond donors (Lipinski definition) is 1. The van der Waals surface area contributed by atoms with Gasteiger partial charge < -0.3 is 5.32 Å². The number of aromatic nitrogens is 2. The molecule has 148 valence electrons. The minimum absolute atomic E-state index is 0.0290. The van der Waals surface area contributed by atoms with Crippen LogP contribution in [0.1, 0.15) is 49.6 Å². The summed E-state index contributed by atoms with van der Waals surface area (Å²) < 4.78 is 0. The van der Waals surface area contributed by atoms with Crippen LogP contribution in [-0.4, -0.2) is 15.9 Å². The van der Waals surface area contributed by atoms with E-state index in [1.807, 2.05) is 30.3 Å². The highest BCUT2D eigenvalue weighted by Crippen LogP contribution is 2.67. The number of fused-ring (bicyclic) bond motifs is 6. The van der Waals surface area contributed by atoms with Crippen molar-refractivity contribution in [2.45, 2.75) is 44.6 Å². The topological polar surface area (TPSA) is 54.9 Å². The molecule has 1 saturated carbocycles. The number of rotatable bonds is 3. The Morgan fingerprint density at radius 3 is 2.45 bits per heavy atom. The smallest absolute Gasteiger partial charge is 0.233 e. The predicted molar refractivity (Wildman–Crippen MR) is 115 cm³/mol. The predicted octanol–water partition coefficient (Wildman–Crippen LogP) is 5.41. The normalized spacial score (nSPS) is 23.9. The summed E-state index contributed by atoms with van der Waals surface area (Å²) in [5.74, 6) is 0.229. The highest BCUT2D eigenvalue weighted by Gasteiger charge is 2.67. The van der Waals surface area contributed by atoms with E-state index in [1.165, 1.54) is 0 Å². The first-order chi connectivity index (χ1) is 13.8. The van der Waals surface area contributed by atoms with Gasteiger partial charge >= 0.3 is 0 Å². The van der Waals surface area contributed by atoms with Crippen molar-refractivity contribution in [1.82, 2.24) is 15.3 Å². The monoisotopic (exact) mass is 425 g/mol. The average Bonchev–Trinajstić information content (AvgIpc) is 3.08. The number of nitrogens with one attached hydrogen (secondary N) is 1. The first-order valence-electron chi connectivity index (χ1n) is 9.84. The van der Waals surface area contributed by atoms with Crippen molar-refractivity contribution in [2.75, 3.05) is 0 Å². The fraction of sp³-hybridized carbons (Fsp3) is 0.348. The number of nitrogens with zero attached hydrogens (tertiary/aromatic N) is 2. The van der Waals surface area contributed by atoms with Crippen LogP contribution < -0.4 is 5.32 Å². The van der Waals surface area contributed by atoms with Gasteiger partial charge in [0.2, 0.25) is 5.91 Å². The van der Waals surface area contributed by atoms with E-state index in [4.69, 9.17) is 33.2 Å². The summed E-state index contributed by atoms with van der Waals surface area (Å²) in [6.07, 6.45) is 1.71. The second-order valence-electron chi connectivity index (χ2n) is 8.60. The summed E-state index contributed by atoms with van der Waals surface area (Å²) in [5, 5.41) is 4.08. The van der Waals surface area contributed by atoms with E-state index in [1.54, 1.807) is 12.1 Å². The molecule has 2 atom stereocenters. The zero-order chi connectivity index (χ0) is 20.4. The first-order valence-corrected chi connectivity index (χ1v) is 10.6. The molecule has 0 spiro atoms. The minimum Gasteiger partial charge on any atom is -0.351 e. The lowest BCUT2D eigenvalue weighted by Gasteiger charge is -2.36. The number of carbonyl (C=O) groups is 1. The maximum Gasteiger partial charge on any atom is 0.233 e. The Hall–Kier alpha value is -2.17. The summed E-state index contributed by atoms with van der Waals surface area (Å²) in [4.78, 5) is 23.4. The van der Waals surface area contributed by atoms with Crippen molar-refractivity contribution in [3.05, 3.63) is 69.5 Å². The number of hydrogen-bond acceptors (Lipinski definition) is 3. The van der Waals surface area contributed by atoms with E-state index in [0.29, 0.717) is 22.1 Å². The van der Waals surface area contributed by atoms with Crippen molar-refractivity contribution in [3.63, 3.8) is 0 Å². The molecule has 1 aromatic heterocycles. The SMILES string of the molecule is CC1(C)C2CCC1(C(=O)NCc1ccccc1)c1nc3cc(Cl)c(Cl)cc3nc12. The molecule has 2 unspecified atom stereocenters. The lowest BCUT2D eigenvalue weighted by Crippen LogP contribution is -2.49. The fourth-order valence-corrected chi connectivity index (χ4v) is 5.62. The van der Waals surface area contributed by atoms with Gasteiger partial charge in [0, 0.05) is 12.5 Å². The zero-order valence-electron chi connectivity index (χ0n) is 16.3. The molecule has 4 nitrogen and oxygen atoms in total. The zero-order valence-corrected chi connectivity index (χ0v) is 17.8. The summed E-state index contributed by atoms with van der Waals surface area (Å²) in [6.45, 7) is 4.83. The third-order valence-corrected chi connectivity index (χ3v) is 7.65. The van der Waals surface area contributed by atoms with Crippen LogP contribution in [0.2, 0.25) is 10.0 Å². The molecule has 2 aromatic carbocycles. The lowest BCUT2D eigenvalue weighted by molar-refractivity contribution is -0.130. The van der Waals surface area contributed by atoms with E-state index in [9.17, 15) is 4.79 Å². The molecule has 1 amide bonds. The van der Waals surface area contributed by atoms with Gasteiger partial charge in [-0.2, -0.15) is 0 Å². The van der Waals surface area contributed by atoms with Gasteiger partial charge in [-0.3, -0.25) is 4.79 Å². The van der Waals surface area contributed by atoms with Gasteiger partial charge in [0.1, 0.15) is 0 Å². The van der Waals surface area contributed by atoms with Crippen molar-refractivity contribution in [2.24, 2.45) is 5.41 Å². The highest BCUT2D eigenvalue weighted by atomic mass is 35.5. The molecule has 0 radical (unpaired) electrons. The van der Waals surface area contributed by atoms with Crippen LogP contribution in [-0.2, 0) is 16.8 Å². The third kappa shape index (κ3) is 2.55. The molecule has 0 aliphatic heterocycles. The molecule has 29 heavy (non-hydrogen) atoms. The first kappa shape index (κ1) is 18.8. The molecule has 5 rings (SSSR count). The average molecular weight is 426 g/mol. The minimum atomic E-state index is -0.685. The molecule has 3 aromatic rings. The number of carbonyl (C=O) groups excluding carboxylic acids is 1. The summed E-state index contributed by atoms with van der Waals surface area (Å²) >= 11 is 12.4. The second kappa shape index (κ2) is 6.41. The van der Waals surface area contributed by atoms with E-state index >= 15 is 0 Å². The second-order valence-corrected chi connectivity index (χ2v) is 9.41. The van der Waals surface area contributed by atoms with Gasteiger partial charge in [0.05, 0.1) is 37.9 Å². The third-order valence-electron chi connectivity index (χ3n) is 6.93. The van der Waals surface area contributed by atoms with Crippen molar-refractivity contribution >= 4 is 40.1 Å². The molecule has 1 fully saturated rings. The molecule has 2 aliphatic carbocycles. The molecule has 2 aliphatic rings. The van der Waals surface area contributed by atoms with Crippen LogP contribution in [0.3, 0.4) is 0 Å². The summed E-state index contributed by atoms with van der Waals surface area (Å²) in [5.41, 5.74) is 3.26. The van der Waals surface area contributed by atoms with Gasteiger partial charge in [-0.15, -0.1) is 0 Å². The lowest BCUT2D eigenvalue weighted by atomic mass is 9.67. The van der Waals surface area contributed by atoms with Crippen LogP contribution in [0.4, 0.5) is 0 Å².